The van der Waals surface area contributed by atoms with E-state index in [1.807, 2.05) is 25.1 Å². The third kappa shape index (κ3) is 6.40. The predicted octanol–water partition coefficient (Wildman–Crippen LogP) is 2.78. The van der Waals surface area contributed by atoms with Crippen molar-refractivity contribution in [1.29, 1.82) is 0 Å². The van der Waals surface area contributed by atoms with Gasteiger partial charge in [-0.3, -0.25) is 9.78 Å². The highest BCUT2D eigenvalue weighted by Gasteiger charge is 2.14. The van der Waals surface area contributed by atoms with Crippen LogP contribution in [0.1, 0.15) is 5.56 Å². The van der Waals surface area contributed by atoms with Crippen LogP contribution in [-0.4, -0.2) is 59.7 Å². The van der Waals surface area contributed by atoms with Crippen LogP contribution in [0.3, 0.4) is 0 Å². The third-order valence-corrected chi connectivity index (χ3v) is 6.04. The van der Waals surface area contributed by atoms with Gasteiger partial charge < -0.3 is 20.1 Å². The quantitative estimate of drug-likeness (QED) is 0.362. The molecule has 4 rings (SSSR count). The molecule has 3 aromatic heterocycles. The van der Waals surface area contributed by atoms with Crippen molar-refractivity contribution >= 4 is 43.8 Å². The second-order valence-electron chi connectivity index (χ2n) is 8.55. The number of benzene rings is 1. The summed E-state index contributed by atoms with van der Waals surface area (Å²) in [7, 11) is 0.714. The number of fused-ring (bicyclic) bond motifs is 1. The first-order chi connectivity index (χ1) is 16.7. The highest BCUT2D eigenvalue weighted by molar-refractivity contribution is 7.89. The summed E-state index contributed by atoms with van der Waals surface area (Å²) in [5.74, 6) is 1.27. The van der Waals surface area contributed by atoms with E-state index < -0.39 is 9.84 Å². The van der Waals surface area contributed by atoms with Crippen molar-refractivity contribution in [3.05, 3.63) is 77.1 Å². The van der Waals surface area contributed by atoms with Gasteiger partial charge in [-0.05, 0) is 49.3 Å². The molecule has 0 amide bonds. The van der Waals surface area contributed by atoms with Crippen molar-refractivity contribution in [2.45, 2.75) is 12.3 Å². The number of nitrogens with one attached hydrogen (secondary N) is 2. The number of hydrogen-bond acceptors (Lipinski definition) is 9. The topological polar surface area (TPSA) is 122 Å². The molecule has 0 aliphatic rings. The fourth-order valence-electron chi connectivity index (χ4n) is 3.61. The average molecular weight is 494 g/mol. The number of anilines is 4. The van der Waals surface area contributed by atoms with E-state index in [0.29, 0.717) is 52.6 Å². The first kappa shape index (κ1) is 24.3. The van der Waals surface area contributed by atoms with Gasteiger partial charge in [-0.25, -0.2) is 18.4 Å². The van der Waals surface area contributed by atoms with E-state index in [2.05, 4.69) is 25.6 Å². The van der Waals surface area contributed by atoms with Crippen LogP contribution in [0.25, 0.3) is 10.8 Å². The van der Waals surface area contributed by atoms with E-state index in [9.17, 15) is 13.2 Å². The number of rotatable bonds is 9. The lowest BCUT2D eigenvalue weighted by Gasteiger charge is -2.15. The summed E-state index contributed by atoms with van der Waals surface area (Å²) in [6.45, 7) is 1.24. The van der Waals surface area contributed by atoms with Gasteiger partial charge in [0.15, 0.2) is 9.84 Å². The minimum Gasteiger partial charge on any atom is -0.339 e. The lowest BCUT2D eigenvalue weighted by Crippen LogP contribution is -2.26. The Morgan fingerprint density at radius 3 is 2.60 bits per heavy atom. The predicted molar refractivity (Wildman–Crippen MR) is 138 cm³/mol. The minimum atomic E-state index is -3.19. The van der Waals surface area contributed by atoms with E-state index in [-0.39, 0.29) is 11.3 Å². The summed E-state index contributed by atoms with van der Waals surface area (Å²) in [6.07, 6.45) is 7.69. The maximum absolute atomic E-state index is 13.4. The molecule has 182 valence electrons. The van der Waals surface area contributed by atoms with Gasteiger partial charge in [0.05, 0.1) is 17.3 Å². The Balaban J connectivity index is 1.79. The maximum atomic E-state index is 13.4. The van der Waals surface area contributed by atoms with Crippen LogP contribution in [0.2, 0.25) is 0 Å². The Bertz CT molecular complexity index is 1500. The van der Waals surface area contributed by atoms with Gasteiger partial charge in [0.2, 0.25) is 0 Å². The fourth-order valence-corrected chi connectivity index (χ4v) is 4.40. The Morgan fingerprint density at radius 2 is 1.89 bits per heavy atom. The SMILES string of the molecule is CN(C)CCn1ccc2cc(Nc3cnccn3)nc(Nc3cccc(CS(C)(=O)=O)c3)c2c1=O. The van der Waals surface area contributed by atoms with E-state index in [0.717, 1.165) is 0 Å². The third-order valence-electron chi connectivity index (χ3n) is 5.18. The Morgan fingerprint density at radius 1 is 1.06 bits per heavy atom. The van der Waals surface area contributed by atoms with Crippen molar-refractivity contribution in [3.63, 3.8) is 0 Å². The van der Waals surface area contributed by atoms with Crippen molar-refractivity contribution < 1.29 is 8.42 Å². The van der Waals surface area contributed by atoms with E-state index in [4.69, 9.17) is 0 Å². The van der Waals surface area contributed by atoms with Gasteiger partial charge in [-0.1, -0.05) is 12.1 Å². The van der Waals surface area contributed by atoms with Gasteiger partial charge in [-0.2, -0.15) is 0 Å². The van der Waals surface area contributed by atoms with Crippen molar-refractivity contribution in [3.8, 4) is 0 Å². The molecule has 1 aromatic carbocycles. The zero-order chi connectivity index (χ0) is 25.0. The normalized spacial score (nSPS) is 11.7. The lowest BCUT2D eigenvalue weighted by molar-refractivity contribution is 0.381. The summed E-state index contributed by atoms with van der Waals surface area (Å²) in [5.41, 5.74) is 1.09. The molecule has 0 unspecified atom stereocenters. The molecule has 0 saturated heterocycles. The maximum Gasteiger partial charge on any atom is 0.262 e. The Labute approximate surface area is 203 Å². The molecular formula is C24H27N7O3S. The van der Waals surface area contributed by atoms with E-state index in [1.54, 1.807) is 59.7 Å². The van der Waals surface area contributed by atoms with Crippen LogP contribution in [0.5, 0.6) is 0 Å². The smallest absolute Gasteiger partial charge is 0.262 e. The van der Waals surface area contributed by atoms with Crippen LogP contribution in [0.4, 0.5) is 23.1 Å². The van der Waals surface area contributed by atoms with Crippen LogP contribution in [-0.2, 0) is 22.1 Å². The van der Waals surface area contributed by atoms with E-state index >= 15 is 0 Å². The molecule has 10 nitrogen and oxygen atoms in total. The largest absolute Gasteiger partial charge is 0.339 e. The molecular weight excluding hydrogens is 466 g/mol. The second-order valence-corrected chi connectivity index (χ2v) is 10.7. The summed E-state index contributed by atoms with van der Waals surface area (Å²) in [4.78, 5) is 28.4. The summed E-state index contributed by atoms with van der Waals surface area (Å²) in [5, 5.41) is 7.48. The zero-order valence-electron chi connectivity index (χ0n) is 19.8. The van der Waals surface area contributed by atoms with Crippen LogP contribution < -0.4 is 16.2 Å². The number of sulfone groups is 1. The number of likely N-dealkylation sites (N-methyl/N-ethyl adjacent to an activating group) is 1. The van der Waals surface area contributed by atoms with Gasteiger partial charge >= 0.3 is 0 Å². The van der Waals surface area contributed by atoms with Gasteiger partial charge in [0.25, 0.3) is 5.56 Å². The average Bonchev–Trinajstić information content (AvgIpc) is 2.78. The Kier molecular flexibility index (Phi) is 7.08. The van der Waals surface area contributed by atoms with Crippen LogP contribution >= 0.6 is 0 Å². The summed E-state index contributed by atoms with van der Waals surface area (Å²) in [6, 6.07) is 10.7. The number of nitrogens with zero attached hydrogens (tertiary/aromatic N) is 5. The molecule has 0 aliphatic carbocycles. The Hall–Kier alpha value is -3.83. The number of aromatic nitrogens is 4. The highest BCUT2D eigenvalue weighted by atomic mass is 32.2. The molecule has 0 aliphatic heterocycles. The first-order valence-electron chi connectivity index (χ1n) is 10.9. The molecule has 11 heteroatoms. The standard InChI is InChI=1S/C24H27N7O3S/c1-30(2)11-12-31-10-7-18-14-20(28-21-15-25-8-9-26-21)29-23(22(18)24(31)32)27-19-6-4-5-17(13-19)16-35(3,33)34/h4-10,13-15H,11-12,16H2,1-3H3,(H2,26,27,28,29). The molecule has 3 heterocycles. The molecule has 0 radical (unpaired) electrons. The molecule has 0 saturated carbocycles. The van der Waals surface area contributed by atoms with Crippen molar-refractivity contribution in [1.82, 2.24) is 24.4 Å². The molecule has 0 spiro atoms. The highest BCUT2D eigenvalue weighted by Crippen LogP contribution is 2.27. The van der Waals surface area contributed by atoms with Crippen molar-refractivity contribution in [2.24, 2.45) is 0 Å². The van der Waals surface area contributed by atoms with Crippen molar-refractivity contribution in [2.75, 3.05) is 37.5 Å². The molecule has 2 N–H and O–H groups in total. The first-order valence-corrected chi connectivity index (χ1v) is 13.0. The second kappa shape index (κ2) is 10.2. The molecule has 35 heavy (non-hydrogen) atoms. The van der Waals surface area contributed by atoms with E-state index in [1.165, 1.54) is 6.26 Å². The number of pyridine rings is 2. The molecule has 0 fully saturated rings. The minimum absolute atomic E-state index is 0.0810. The van der Waals surface area contributed by atoms with Gasteiger partial charge in [-0.15, -0.1) is 0 Å². The zero-order valence-corrected chi connectivity index (χ0v) is 20.6. The number of hydrogen-bond donors (Lipinski definition) is 2. The van der Waals surface area contributed by atoms with Gasteiger partial charge in [0.1, 0.15) is 17.5 Å². The lowest BCUT2D eigenvalue weighted by atomic mass is 10.1. The van der Waals surface area contributed by atoms with Gasteiger partial charge in [0, 0.05) is 43.6 Å². The van der Waals surface area contributed by atoms with Crippen LogP contribution in [0.15, 0.2) is 66.0 Å². The van der Waals surface area contributed by atoms with Crippen LogP contribution in [0, 0.1) is 0 Å². The summed E-state index contributed by atoms with van der Waals surface area (Å²) < 4.78 is 25.2. The fraction of sp³-hybridized carbons (Fsp3) is 0.250. The molecule has 4 aromatic rings. The summed E-state index contributed by atoms with van der Waals surface area (Å²) >= 11 is 0. The molecule has 0 atom stereocenters. The monoisotopic (exact) mass is 493 g/mol. The molecule has 0 bridgehead atoms.